The van der Waals surface area contributed by atoms with Crippen molar-refractivity contribution in [2.75, 3.05) is 59.5 Å². The zero-order chi connectivity index (χ0) is 23.9. The molecule has 8 heteroatoms. The first-order chi connectivity index (χ1) is 16.5. The second-order valence-electron chi connectivity index (χ2n) is 10.8. The number of hydrogen-bond acceptors (Lipinski definition) is 7. The summed E-state index contributed by atoms with van der Waals surface area (Å²) in [5.74, 6) is 0.676. The first-order valence-electron chi connectivity index (χ1n) is 13.8. The fraction of sp³-hybridized carbons (Fsp3) is 0.923. The van der Waals surface area contributed by atoms with Crippen LogP contribution in [0.5, 0.6) is 0 Å². The molecular weight excluding hydrogens is 432 g/mol. The Bertz CT molecular complexity index is 655. The van der Waals surface area contributed by atoms with Gasteiger partial charge in [0.05, 0.1) is 13.2 Å². The van der Waals surface area contributed by atoms with E-state index in [9.17, 15) is 9.59 Å². The molecule has 2 unspecified atom stereocenters. The van der Waals surface area contributed by atoms with Crippen LogP contribution in [0.4, 0.5) is 4.79 Å². The highest BCUT2D eigenvalue weighted by Gasteiger charge is 2.42. The molecule has 3 saturated heterocycles. The Morgan fingerprint density at radius 3 is 2.32 bits per heavy atom. The molecule has 0 N–H and O–H groups in total. The zero-order valence-electron chi connectivity index (χ0n) is 21.5. The number of piperazine rings is 1. The number of esters is 1. The third kappa shape index (κ3) is 6.64. The molecule has 3 heterocycles. The van der Waals surface area contributed by atoms with Crippen LogP contribution >= 0.6 is 0 Å². The Balaban J connectivity index is 1.12. The van der Waals surface area contributed by atoms with Crippen molar-refractivity contribution in [3.8, 4) is 0 Å². The van der Waals surface area contributed by atoms with Gasteiger partial charge in [0.2, 0.25) is 0 Å². The molecule has 0 bridgehead atoms. The van der Waals surface area contributed by atoms with Gasteiger partial charge in [-0.1, -0.05) is 12.8 Å². The van der Waals surface area contributed by atoms with Gasteiger partial charge < -0.3 is 24.2 Å². The molecule has 1 amide bonds. The highest BCUT2D eigenvalue weighted by Crippen LogP contribution is 2.30. The van der Waals surface area contributed by atoms with Gasteiger partial charge in [0.15, 0.2) is 6.23 Å². The van der Waals surface area contributed by atoms with Crippen LogP contribution in [0.3, 0.4) is 0 Å². The van der Waals surface area contributed by atoms with E-state index in [2.05, 4.69) is 21.6 Å². The maximum absolute atomic E-state index is 12.6. The predicted octanol–water partition coefficient (Wildman–Crippen LogP) is 3.16. The molecule has 0 aromatic rings. The van der Waals surface area contributed by atoms with Gasteiger partial charge in [0.25, 0.3) is 0 Å². The van der Waals surface area contributed by atoms with Crippen LogP contribution < -0.4 is 0 Å². The first kappa shape index (κ1) is 25.7. The van der Waals surface area contributed by atoms with Crippen molar-refractivity contribution in [2.45, 2.75) is 89.4 Å². The standard InChI is InChI=1S/C26H46N4O4/c1-21-25(29-19-17-27(18-20-29)13-6-10-24(31)33-2)34-26(32)30(21)14-5-7-22-11-15-28(16-12-22)23-8-3-4-9-23/h21-23,25H,3-20H2,1-2H3. The summed E-state index contributed by atoms with van der Waals surface area (Å²) in [6, 6.07) is 0.961. The Kier molecular flexibility index (Phi) is 9.48. The molecule has 3 aliphatic heterocycles. The number of hydrogen-bond donors (Lipinski definition) is 0. The van der Waals surface area contributed by atoms with Gasteiger partial charge in [-0.15, -0.1) is 0 Å². The van der Waals surface area contributed by atoms with Crippen LogP contribution in [0, 0.1) is 5.92 Å². The summed E-state index contributed by atoms with van der Waals surface area (Å²) in [5.41, 5.74) is 0. The summed E-state index contributed by atoms with van der Waals surface area (Å²) in [7, 11) is 1.44. The number of piperidine rings is 1. The van der Waals surface area contributed by atoms with Crippen molar-refractivity contribution in [1.82, 2.24) is 19.6 Å². The summed E-state index contributed by atoms with van der Waals surface area (Å²) in [6.45, 7) is 10.1. The normalized spacial score (nSPS) is 28.5. The zero-order valence-corrected chi connectivity index (χ0v) is 21.5. The number of ether oxygens (including phenoxy) is 2. The van der Waals surface area contributed by atoms with Crippen LogP contribution in [-0.4, -0.2) is 109 Å². The molecule has 34 heavy (non-hydrogen) atoms. The SMILES string of the molecule is COC(=O)CCCN1CCN(C2OC(=O)N(CCCC3CCN(C4CCCC4)CC3)C2C)CC1. The number of carbonyl (C=O) groups is 2. The molecule has 2 atom stereocenters. The van der Waals surface area contributed by atoms with E-state index >= 15 is 0 Å². The summed E-state index contributed by atoms with van der Waals surface area (Å²) in [5, 5.41) is 0. The van der Waals surface area contributed by atoms with Crippen LogP contribution in [-0.2, 0) is 14.3 Å². The third-order valence-electron chi connectivity index (χ3n) is 8.71. The molecular formula is C26H46N4O4. The minimum atomic E-state index is -0.144. The highest BCUT2D eigenvalue weighted by molar-refractivity contribution is 5.70. The quantitative estimate of drug-likeness (QED) is 0.447. The Morgan fingerprint density at radius 1 is 0.941 bits per heavy atom. The number of carbonyl (C=O) groups excluding carboxylic acids is 2. The Labute approximate surface area is 205 Å². The Morgan fingerprint density at radius 2 is 1.65 bits per heavy atom. The van der Waals surface area contributed by atoms with E-state index in [4.69, 9.17) is 9.47 Å². The second kappa shape index (κ2) is 12.5. The highest BCUT2D eigenvalue weighted by atomic mass is 16.6. The maximum Gasteiger partial charge on any atom is 0.411 e. The van der Waals surface area contributed by atoms with Gasteiger partial charge in [-0.25, -0.2) is 4.79 Å². The van der Waals surface area contributed by atoms with E-state index in [0.29, 0.717) is 6.42 Å². The van der Waals surface area contributed by atoms with E-state index in [-0.39, 0.29) is 24.3 Å². The molecule has 4 rings (SSSR count). The average molecular weight is 479 g/mol. The van der Waals surface area contributed by atoms with Crippen molar-refractivity contribution in [3.05, 3.63) is 0 Å². The topological polar surface area (TPSA) is 65.6 Å². The van der Waals surface area contributed by atoms with Crippen LogP contribution in [0.1, 0.15) is 71.1 Å². The molecule has 0 radical (unpaired) electrons. The monoisotopic (exact) mass is 478 g/mol. The summed E-state index contributed by atoms with van der Waals surface area (Å²) < 4.78 is 10.5. The van der Waals surface area contributed by atoms with Crippen LogP contribution in [0.15, 0.2) is 0 Å². The number of amides is 1. The van der Waals surface area contributed by atoms with Gasteiger partial charge in [0, 0.05) is 45.2 Å². The minimum Gasteiger partial charge on any atom is -0.469 e. The molecule has 0 aromatic carbocycles. The summed E-state index contributed by atoms with van der Waals surface area (Å²) in [6.07, 6.45) is 11.6. The first-order valence-corrected chi connectivity index (χ1v) is 13.8. The maximum atomic E-state index is 12.6. The molecule has 194 valence electrons. The smallest absolute Gasteiger partial charge is 0.411 e. The van der Waals surface area contributed by atoms with Crippen molar-refractivity contribution in [3.63, 3.8) is 0 Å². The van der Waals surface area contributed by atoms with E-state index in [1.807, 2.05) is 4.90 Å². The van der Waals surface area contributed by atoms with E-state index in [1.165, 1.54) is 65.1 Å². The molecule has 0 aromatic heterocycles. The van der Waals surface area contributed by atoms with Crippen molar-refractivity contribution in [2.24, 2.45) is 5.92 Å². The molecule has 1 aliphatic carbocycles. The largest absolute Gasteiger partial charge is 0.469 e. The Hall–Kier alpha value is -1.38. The third-order valence-corrected chi connectivity index (χ3v) is 8.71. The lowest BCUT2D eigenvalue weighted by atomic mass is 9.91. The predicted molar refractivity (Wildman–Crippen MR) is 131 cm³/mol. The van der Waals surface area contributed by atoms with Crippen molar-refractivity contribution < 1.29 is 19.1 Å². The van der Waals surface area contributed by atoms with Gasteiger partial charge in [0.1, 0.15) is 0 Å². The lowest BCUT2D eigenvalue weighted by Gasteiger charge is -2.38. The van der Waals surface area contributed by atoms with E-state index in [1.54, 1.807) is 0 Å². The summed E-state index contributed by atoms with van der Waals surface area (Å²) in [4.78, 5) is 33.3. The lowest BCUT2D eigenvalue weighted by molar-refractivity contribution is -0.140. The number of cyclic esters (lactones) is 1. The summed E-state index contributed by atoms with van der Waals surface area (Å²) >= 11 is 0. The van der Waals surface area contributed by atoms with Crippen LogP contribution in [0.25, 0.3) is 0 Å². The second-order valence-corrected chi connectivity index (χ2v) is 10.8. The number of nitrogens with zero attached hydrogens (tertiary/aromatic N) is 4. The molecule has 4 aliphatic rings. The van der Waals surface area contributed by atoms with Gasteiger partial charge >= 0.3 is 12.1 Å². The fourth-order valence-electron chi connectivity index (χ4n) is 6.48. The molecule has 4 fully saturated rings. The van der Waals surface area contributed by atoms with E-state index < -0.39 is 0 Å². The number of rotatable bonds is 10. The lowest BCUT2D eigenvalue weighted by Crippen LogP contribution is -2.53. The van der Waals surface area contributed by atoms with Gasteiger partial charge in [-0.3, -0.25) is 9.69 Å². The molecule has 8 nitrogen and oxygen atoms in total. The van der Waals surface area contributed by atoms with Crippen molar-refractivity contribution in [1.29, 1.82) is 0 Å². The van der Waals surface area contributed by atoms with Crippen LogP contribution in [0.2, 0.25) is 0 Å². The average Bonchev–Trinajstić information content (AvgIpc) is 3.49. The molecule has 1 saturated carbocycles. The minimum absolute atomic E-state index is 0.0996. The fourth-order valence-corrected chi connectivity index (χ4v) is 6.48. The van der Waals surface area contributed by atoms with E-state index in [0.717, 1.165) is 64.1 Å². The number of likely N-dealkylation sites (tertiary alicyclic amines) is 1. The molecule has 0 spiro atoms. The number of methoxy groups -OCH3 is 1. The van der Waals surface area contributed by atoms with Gasteiger partial charge in [-0.05, 0) is 77.4 Å². The van der Waals surface area contributed by atoms with Gasteiger partial charge in [-0.2, -0.15) is 0 Å². The van der Waals surface area contributed by atoms with Crippen molar-refractivity contribution >= 4 is 12.1 Å².